The third kappa shape index (κ3) is 2.62. The number of anilines is 2. The van der Waals surface area contributed by atoms with Gasteiger partial charge in [-0.15, -0.1) is 11.3 Å². The topological polar surface area (TPSA) is 52.5 Å². The van der Waals surface area contributed by atoms with Crippen molar-refractivity contribution in [1.29, 1.82) is 0 Å². The molecule has 1 aliphatic rings. The summed E-state index contributed by atoms with van der Waals surface area (Å²) in [4.78, 5) is 13.6. The molecule has 0 unspecified atom stereocenters. The Morgan fingerprint density at radius 3 is 2.55 bits per heavy atom. The molecule has 2 aromatic rings. The Morgan fingerprint density at radius 2 is 1.95 bits per heavy atom. The second-order valence-electron chi connectivity index (χ2n) is 4.86. The molecule has 0 bridgehead atoms. The van der Waals surface area contributed by atoms with Gasteiger partial charge in [-0.1, -0.05) is 6.07 Å². The van der Waals surface area contributed by atoms with E-state index >= 15 is 0 Å². The first-order chi connectivity index (χ1) is 9.78. The van der Waals surface area contributed by atoms with Gasteiger partial charge in [-0.05, 0) is 18.6 Å². The van der Waals surface area contributed by atoms with Crippen LogP contribution in [0.3, 0.4) is 0 Å². The van der Waals surface area contributed by atoms with Crippen LogP contribution in [0.1, 0.15) is 11.3 Å². The quantitative estimate of drug-likeness (QED) is 0.932. The molecule has 0 atom stereocenters. The first-order valence-electron chi connectivity index (χ1n) is 6.74. The van der Waals surface area contributed by atoms with Crippen LogP contribution in [-0.2, 0) is 6.61 Å². The number of hydrogen-bond acceptors (Lipinski definition) is 6. The number of piperazine rings is 1. The first kappa shape index (κ1) is 13.3. The van der Waals surface area contributed by atoms with Gasteiger partial charge in [-0.3, -0.25) is 0 Å². The van der Waals surface area contributed by atoms with E-state index in [-0.39, 0.29) is 6.61 Å². The van der Waals surface area contributed by atoms with Crippen molar-refractivity contribution in [3.63, 3.8) is 0 Å². The van der Waals surface area contributed by atoms with E-state index in [0.29, 0.717) is 0 Å². The summed E-state index contributed by atoms with van der Waals surface area (Å²) in [6.45, 7) is 5.83. The monoisotopic (exact) mass is 290 g/mol. The maximum absolute atomic E-state index is 9.19. The van der Waals surface area contributed by atoms with Crippen molar-refractivity contribution in [2.45, 2.75) is 13.5 Å². The van der Waals surface area contributed by atoms with Crippen LogP contribution in [-0.4, -0.2) is 41.3 Å². The Kier molecular flexibility index (Phi) is 3.84. The standard InChI is InChI=1S/C14H18N4OS/c1-11-12(10-19)2-3-13(16-11)17-5-7-18(8-6-17)14-15-4-9-20-14/h2-4,9,19H,5-8,10H2,1H3. The van der Waals surface area contributed by atoms with Crippen molar-refractivity contribution >= 4 is 22.3 Å². The van der Waals surface area contributed by atoms with Crippen molar-refractivity contribution in [1.82, 2.24) is 9.97 Å². The summed E-state index contributed by atoms with van der Waals surface area (Å²) < 4.78 is 0. The zero-order valence-corrected chi connectivity index (χ0v) is 12.3. The fraction of sp³-hybridized carbons (Fsp3) is 0.429. The van der Waals surface area contributed by atoms with Gasteiger partial charge in [0.05, 0.1) is 6.61 Å². The van der Waals surface area contributed by atoms with E-state index in [0.717, 1.165) is 48.4 Å². The van der Waals surface area contributed by atoms with E-state index in [4.69, 9.17) is 0 Å². The molecule has 6 heteroatoms. The Bertz CT molecular complexity index is 565. The molecule has 2 aromatic heterocycles. The molecule has 0 amide bonds. The number of pyridine rings is 1. The van der Waals surface area contributed by atoms with Crippen molar-refractivity contribution in [2.75, 3.05) is 36.0 Å². The van der Waals surface area contributed by atoms with Crippen LogP contribution >= 0.6 is 11.3 Å². The summed E-state index contributed by atoms with van der Waals surface area (Å²) >= 11 is 1.69. The summed E-state index contributed by atoms with van der Waals surface area (Å²) in [7, 11) is 0. The zero-order chi connectivity index (χ0) is 13.9. The Morgan fingerprint density at radius 1 is 1.20 bits per heavy atom. The fourth-order valence-electron chi connectivity index (χ4n) is 2.42. The molecule has 1 N–H and O–H groups in total. The van der Waals surface area contributed by atoms with Gasteiger partial charge in [0.1, 0.15) is 5.82 Å². The highest BCUT2D eigenvalue weighted by Crippen LogP contribution is 2.21. The molecular formula is C14H18N4OS. The minimum absolute atomic E-state index is 0.0525. The van der Waals surface area contributed by atoms with Gasteiger partial charge in [-0.25, -0.2) is 9.97 Å². The zero-order valence-electron chi connectivity index (χ0n) is 11.5. The van der Waals surface area contributed by atoms with Crippen LogP contribution in [0.15, 0.2) is 23.7 Å². The molecule has 3 rings (SSSR count). The Labute approximate surface area is 122 Å². The molecule has 0 radical (unpaired) electrons. The predicted molar refractivity (Wildman–Crippen MR) is 81.4 cm³/mol. The number of aliphatic hydroxyl groups excluding tert-OH is 1. The smallest absolute Gasteiger partial charge is 0.185 e. The summed E-state index contributed by atoms with van der Waals surface area (Å²) in [5.74, 6) is 0.999. The number of aryl methyl sites for hydroxylation is 1. The third-order valence-electron chi connectivity index (χ3n) is 3.64. The first-order valence-corrected chi connectivity index (χ1v) is 7.62. The number of nitrogens with zero attached hydrogens (tertiary/aromatic N) is 4. The molecule has 0 saturated carbocycles. The highest BCUT2D eigenvalue weighted by molar-refractivity contribution is 7.13. The van der Waals surface area contributed by atoms with Gasteiger partial charge in [-0.2, -0.15) is 0 Å². The number of aliphatic hydroxyl groups is 1. The van der Waals surface area contributed by atoms with Crippen molar-refractivity contribution < 1.29 is 5.11 Å². The average Bonchev–Trinajstić information content (AvgIpc) is 3.01. The van der Waals surface area contributed by atoms with Gasteiger partial charge in [0.25, 0.3) is 0 Å². The third-order valence-corrected chi connectivity index (χ3v) is 4.48. The second kappa shape index (κ2) is 5.76. The van der Waals surface area contributed by atoms with Crippen LogP contribution in [0.2, 0.25) is 0 Å². The predicted octanol–water partition coefficient (Wildman–Crippen LogP) is 1.67. The highest BCUT2D eigenvalue weighted by Gasteiger charge is 2.19. The van der Waals surface area contributed by atoms with E-state index in [1.807, 2.05) is 30.6 Å². The maximum atomic E-state index is 9.19. The van der Waals surface area contributed by atoms with Gasteiger partial charge >= 0.3 is 0 Å². The summed E-state index contributed by atoms with van der Waals surface area (Å²) in [5.41, 5.74) is 1.81. The van der Waals surface area contributed by atoms with Crippen LogP contribution in [0.5, 0.6) is 0 Å². The molecule has 106 valence electrons. The SMILES string of the molecule is Cc1nc(N2CCN(c3nccs3)CC2)ccc1CO. The van der Waals surface area contributed by atoms with Crippen LogP contribution in [0.25, 0.3) is 0 Å². The molecule has 3 heterocycles. The number of aromatic nitrogens is 2. The molecule has 0 spiro atoms. The minimum atomic E-state index is 0.0525. The molecule has 0 aromatic carbocycles. The fourth-order valence-corrected chi connectivity index (χ4v) is 3.12. The van der Waals surface area contributed by atoms with Crippen LogP contribution in [0, 0.1) is 6.92 Å². The lowest BCUT2D eigenvalue weighted by molar-refractivity contribution is 0.280. The lowest BCUT2D eigenvalue weighted by atomic mass is 10.2. The van der Waals surface area contributed by atoms with E-state index in [1.54, 1.807) is 11.3 Å². The number of rotatable bonds is 3. The number of hydrogen-bond donors (Lipinski definition) is 1. The van der Waals surface area contributed by atoms with E-state index in [9.17, 15) is 5.11 Å². The molecule has 1 fully saturated rings. The number of thiazole rings is 1. The molecule has 5 nitrogen and oxygen atoms in total. The van der Waals surface area contributed by atoms with Gasteiger partial charge < -0.3 is 14.9 Å². The van der Waals surface area contributed by atoms with E-state index in [2.05, 4.69) is 19.8 Å². The van der Waals surface area contributed by atoms with Gasteiger partial charge in [0.15, 0.2) is 5.13 Å². The molecule has 1 saturated heterocycles. The Hall–Kier alpha value is -1.66. The summed E-state index contributed by atoms with van der Waals surface area (Å²) in [6.07, 6.45) is 1.85. The summed E-state index contributed by atoms with van der Waals surface area (Å²) in [5, 5.41) is 12.3. The van der Waals surface area contributed by atoms with Gasteiger partial charge in [0.2, 0.25) is 0 Å². The average molecular weight is 290 g/mol. The minimum Gasteiger partial charge on any atom is -0.392 e. The lowest BCUT2D eigenvalue weighted by Crippen LogP contribution is -2.46. The van der Waals surface area contributed by atoms with E-state index in [1.165, 1.54) is 0 Å². The lowest BCUT2D eigenvalue weighted by Gasteiger charge is -2.35. The maximum Gasteiger partial charge on any atom is 0.185 e. The van der Waals surface area contributed by atoms with Crippen LogP contribution in [0.4, 0.5) is 10.9 Å². The van der Waals surface area contributed by atoms with Crippen LogP contribution < -0.4 is 9.80 Å². The molecule has 0 aliphatic carbocycles. The van der Waals surface area contributed by atoms with Crippen molar-refractivity contribution in [2.24, 2.45) is 0 Å². The van der Waals surface area contributed by atoms with Crippen molar-refractivity contribution in [3.8, 4) is 0 Å². The molecule has 1 aliphatic heterocycles. The van der Waals surface area contributed by atoms with Crippen molar-refractivity contribution in [3.05, 3.63) is 35.0 Å². The molecular weight excluding hydrogens is 272 g/mol. The highest BCUT2D eigenvalue weighted by atomic mass is 32.1. The molecule has 20 heavy (non-hydrogen) atoms. The van der Waals surface area contributed by atoms with E-state index < -0.39 is 0 Å². The second-order valence-corrected chi connectivity index (χ2v) is 5.73. The largest absolute Gasteiger partial charge is 0.392 e. The summed E-state index contributed by atoms with van der Waals surface area (Å²) in [6, 6.07) is 3.96. The Balaban J connectivity index is 1.67. The normalized spacial score (nSPS) is 15.7. The van der Waals surface area contributed by atoms with Gasteiger partial charge in [0, 0.05) is 43.4 Å².